The molecule has 4 rings (SSSR count). The largest absolute Gasteiger partial charge is 0.481 e. The summed E-state index contributed by atoms with van der Waals surface area (Å²) >= 11 is 0. The number of halogens is 1. The van der Waals surface area contributed by atoms with Gasteiger partial charge in [-0.05, 0) is 23.8 Å². The summed E-state index contributed by atoms with van der Waals surface area (Å²) in [7, 11) is 0. The van der Waals surface area contributed by atoms with Crippen molar-refractivity contribution in [2.45, 2.75) is 12.8 Å². The van der Waals surface area contributed by atoms with Gasteiger partial charge in [-0.1, -0.05) is 30.3 Å². The number of rotatable bonds is 3. The van der Waals surface area contributed by atoms with Crippen LogP contribution >= 0.6 is 0 Å². The Morgan fingerprint density at radius 1 is 1.21 bits per heavy atom. The number of hydrogen-bond donors (Lipinski definition) is 1. The van der Waals surface area contributed by atoms with Crippen LogP contribution in [0.15, 0.2) is 53.5 Å². The summed E-state index contributed by atoms with van der Waals surface area (Å²) < 4.78 is 15.7. The number of aromatic nitrogens is 1. The second kappa shape index (κ2) is 5.60. The van der Waals surface area contributed by atoms with Gasteiger partial charge in [0.1, 0.15) is 11.7 Å². The van der Waals surface area contributed by atoms with Crippen LogP contribution in [0.1, 0.15) is 16.8 Å². The molecule has 0 saturated carbocycles. The smallest absolute Gasteiger partial charge is 0.307 e. The van der Waals surface area contributed by atoms with Gasteiger partial charge in [0.15, 0.2) is 0 Å². The lowest BCUT2D eigenvalue weighted by atomic mass is 10.1. The Balaban J connectivity index is 2.02. The molecule has 120 valence electrons. The molecular weight excluding hydrogens is 307 g/mol. The summed E-state index contributed by atoms with van der Waals surface area (Å²) in [6.45, 7) is 0.593. The zero-order valence-corrected chi connectivity index (χ0v) is 12.9. The minimum absolute atomic E-state index is 0.121. The van der Waals surface area contributed by atoms with E-state index < -0.39 is 5.97 Å². The lowest BCUT2D eigenvalue weighted by Gasteiger charge is -2.19. The molecule has 0 unspecified atom stereocenters. The van der Waals surface area contributed by atoms with E-state index in [2.05, 4.69) is 4.99 Å². The molecule has 3 aromatic rings. The summed E-state index contributed by atoms with van der Waals surface area (Å²) in [5.41, 5.74) is 3.35. The van der Waals surface area contributed by atoms with Gasteiger partial charge in [-0.2, -0.15) is 0 Å². The summed E-state index contributed by atoms with van der Waals surface area (Å²) in [6.07, 6.45) is 0.527. The van der Waals surface area contributed by atoms with E-state index in [1.54, 1.807) is 6.07 Å². The molecule has 0 atom stereocenters. The van der Waals surface area contributed by atoms with Crippen molar-refractivity contribution in [3.8, 4) is 0 Å². The molecule has 0 radical (unpaired) electrons. The van der Waals surface area contributed by atoms with Gasteiger partial charge in [-0.3, -0.25) is 14.4 Å². The second-order valence-corrected chi connectivity index (χ2v) is 5.81. The Hall–Kier alpha value is -2.95. The molecule has 0 saturated heterocycles. The number of nitrogens with zero attached hydrogens (tertiary/aromatic N) is 2. The van der Waals surface area contributed by atoms with Crippen molar-refractivity contribution < 1.29 is 14.3 Å². The minimum Gasteiger partial charge on any atom is -0.481 e. The highest BCUT2D eigenvalue weighted by molar-refractivity contribution is 6.08. The number of aliphatic imine (C=N–C) groups is 1. The predicted molar refractivity (Wildman–Crippen MR) is 90.2 cm³/mol. The standard InChI is InChI=1S/C19H15FN2O2/c20-13-6-7-16-14(10-13)15(11-18(23)24)17-8-9-21-19(22(16)17)12-4-2-1-3-5-12/h1-7,10H,8-9,11H2,(H,23,24). The number of hydrogen-bond acceptors (Lipinski definition) is 2. The van der Waals surface area contributed by atoms with E-state index in [-0.39, 0.29) is 12.2 Å². The Morgan fingerprint density at radius 3 is 2.75 bits per heavy atom. The van der Waals surface area contributed by atoms with E-state index in [1.807, 2.05) is 34.9 Å². The zero-order chi connectivity index (χ0) is 16.7. The number of fused-ring (bicyclic) bond motifs is 3. The maximum Gasteiger partial charge on any atom is 0.307 e. The van der Waals surface area contributed by atoms with E-state index in [1.165, 1.54) is 12.1 Å². The van der Waals surface area contributed by atoms with Crippen molar-refractivity contribution in [3.05, 3.63) is 71.2 Å². The monoisotopic (exact) mass is 322 g/mol. The van der Waals surface area contributed by atoms with Gasteiger partial charge in [-0.15, -0.1) is 0 Å². The third-order valence-electron chi connectivity index (χ3n) is 4.32. The van der Waals surface area contributed by atoms with E-state index >= 15 is 0 Å². The van der Waals surface area contributed by atoms with Crippen LogP contribution < -0.4 is 0 Å². The minimum atomic E-state index is -0.918. The second-order valence-electron chi connectivity index (χ2n) is 5.81. The Labute approximate surface area is 137 Å². The van der Waals surface area contributed by atoms with E-state index in [0.29, 0.717) is 23.9 Å². The molecule has 1 N–H and O–H groups in total. The number of benzene rings is 2. The highest BCUT2D eigenvalue weighted by atomic mass is 19.1. The highest BCUT2D eigenvalue weighted by Gasteiger charge is 2.24. The molecule has 4 nitrogen and oxygen atoms in total. The quantitative estimate of drug-likeness (QED) is 0.805. The summed E-state index contributed by atoms with van der Waals surface area (Å²) in [4.78, 5) is 15.9. The van der Waals surface area contributed by atoms with Crippen LogP contribution in [-0.2, 0) is 17.6 Å². The third kappa shape index (κ3) is 2.29. The van der Waals surface area contributed by atoms with Crippen molar-refractivity contribution in [1.82, 2.24) is 4.57 Å². The molecule has 1 aromatic heterocycles. The van der Waals surface area contributed by atoms with Crippen LogP contribution in [0.3, 0.4) is 0 Å². The van der Waals surface area contributed by atoms with E-state index in [9.17, 15) is 14.3 Å². The fraction of sp³-hybridized carbons (Fsp3) is 0.158. The van der Waals surface area contributed by atoms with Crippen LogP contribution in [-0.4, -0.2) is 28.0 Å². The average Bonchev–Trinajstić information content (AvgIpc) is 2.89. The third-order valence-corrected chi connectivity index (χ3v) is 4.32. The van der Waals surface area contributed by atoms with E-state index in [4.69, 9.17) is 0 Å². The Kier molecular flexibility index (Phi) is 3.41. The van der Waals surface area contributed by atoms with Crippen molar-refractivity contribution in [2.24, 2.45) is 4.99 Å². The number of carboxylic acid groups (broad SMARTS) is 1. The lowest BCUT2D eigenvalue weighted by molar-refractivity contribution is -0.136. The van der Waals surface area contributed by atoms with Crippen LogP contribution in [0.5, 0.6) is 0 Å². The van der Waals surface area contributed by atoms with Crippen molar-refractivity contribution in [2.75, 3.05) is 6.54 Å². The summed E-state index contributed by atoms with van der Waals surface area (Å²) in [5.74, 6) is -0.501. The predicted octanol–water partition coefficient (Wildman–Crippen LogP) is 3.26. The summed E-state index contributed by atoms with van der Waals surface area (Å²) in [5, 5.41) is 9.92. The lowest BCUT2D eigenvalue weighted by Crippen LogP contribution is -2.22. The molecule has 0 amide bonds. The van der Waals surface area contributed by atoms with Crippen molar-refractivity contribution >= 4 is 22.7 Å². The number of carboxylic acids is 1. The van der Waals surface area contributed by atoms with Gasteiger partial charge in [0, 0.05) is 29.6 Å². The van der Waals surface area contributed by atoms with Gasteiger partial charge in [0.05, 0.1) is 11.9 Å². The first kappa shape index (κ1) is 14.6. The van der Waals surface area contributed by atoms with Gasteiger partial charge in [0.2, 0.25) is 0 Å². The van der Waals surface area contributed by atoms with Crippen LogP contribution in [0.4, 0.5) is 4.39 Å². The molecule has 2 aromatic carbocycles. The molecule has 0 fully saturated rings. The molecule has 0 spiro atoms. The van der Waals surface area contributed by atoms with Crippen LogP contribution in [0, 0.1) is 5.82 Å². The SMILES string of the molecule is O=C(O)Cc1c2n(c3ccc(F)cc13)C(c1ccccc1)=NCC2. The number of aliphatic carboxylic acids is 1. The molecule has 24 heavy (non-hydrogen) atoms. The maximum absolute atomic E-state index is 13.8. The average molecular weight is 322 g/mol. The number of carbonyl (C=O) groups is 1. The topological polar surface area (TPSA) is 54.6 Å². The normalized spacial score (nSPS) is 13.6. The zero-order valence-electron chi connectivity index (χ0n) is 12.9. The first-order chi connectivity index (χ1) is 11.6. The highest BCUT2D eigenvalue weighted by Crippen LogP contribution is 2.31. The molecular formula is C19H15FN2O2. The van der Waals surface area contributed by atoms with E-state index in [0.717, 1.165) is 22.6 Å². The van der Waals surface area contributed by atoms with Gasteiger partial charge < -0.3 is 5.11 Å². The summed E-state index contributed by atoms with van der Waals surface area (Å²) in [6, 6.07) is 14.3. The first-order valence-electron chi connectivity index (χ1n) is 7.79. The fourth-order valence-corrected chi connectivity index (χ4v) is 3.38. The molecule has 1 aliphatic rings. The molecule has 1 aliphatic heterocycles. The van der Waals surface area contributed by atoms with Crippen molar-refractivity contribution in [1.29, 1.82) is 0 Å². The maximum atomic E-state index is 13.8. The van der Waals surface area contributed by atoms with Crippen LogP contribution in [0.25, 0.3) is 10.9 Å². The Bertz CT molecular complexity index is 974. The van der Waals surface area contributed by atoms with Crippen LogP contribution in [0.2, 0.25) is 0 Å². The molecule has 2 heterocycles. The van der Waals surface area contributed by atoms with Gasteiger partial charge in [0.25, 0.3) is 0 Å². The molecule has 0 bridgehead atoms. The van der Waals surface area contributed by atoms with Crippen molar-refractivity contribution in [3.63, 3.8) is 0 Å². The Morgan fingerprint density at radius 2 is 2.00 bits per heavy atom. The fourth-order valence-electron chi connectivity index (χ4n) is 3.38. The van der Waals surface area contributed by atoms with Gasteiger partial charge >= 0.3 is 5.97 Å². The van der Waals surface area contributed by atoms with Gasteiger partial charge in [-0.25, -0.2) is 4.39 Å². The first-order valence-corrected chi connectivity index (χ1v) is 7.79. The molecule has 5 heteroatoms. The molecule has 0 aliphatic carbocycles.